The number of carboxylic acids is 1. The number of ether oxygens (including phenoxy) is 2. The van der Waals surface area contributed by atoms with Gasteiger partial charge >= 0.3 is 5.97 Å². The van der Waals surface area contributed by atoms with Crippen molar-refractivity contribution in [2.45, 2.75) is 29.9 Å². The molecule has 1 aromatic rings. The van der Waals surface area contributed by atoms with E-state index in [1.165, 1.54) is 0 Å². The van der Waals surface area contributed by atoms with Gasteiger partial charge < -0.3 is 14.6 Å². The second-order valence-electron chi connectivity index (χ2n) is 5.04. The summed E-state index contributed by atoms with van der Waals surface area (Å²) < 4.78 is 11.7. The first-order chi connectivity index (χ1) is 9.17. The maximum absolute atomic E-state index is 11.0. The van der Waals surface area contributed by atoms with Gasteiger partial charge in [0.2, 0.25) is 0 Å². The van der Waals surface area contributed by atoms with Gasteiger partial charge in [0.25, 0.3) is 0 Å². The minimum Gasteiger partial charge on any atom is -0.487 e. The Bertz CT molecular complexity index is 502. The second kappa shape index (κ2) is 5.06. The fourth-order valence-electron chi connectivity index (χ4n) is 2.82. The smallest absolute Gasteiger partial charge is 0.335 e. The van der Waals surface area contributed by atoms with Crippen LogP contribution in [0.4, 0.5) is 0 Å². The Morgan fingerprint density at radius 2 is 2.32 bits per heavy atom. The van der Waals surface area contributed by atoms with Gasteiger partial charge in [0, 0.05) is 4.90 Å². The predicted molar refractivity (Wildman–Crippen MR) is 72.1 cm³/mol. The summed E-state index contributed by atoms with van der Waals surface area (Å²) in [4.78, 5) is 12.0. The summed E-state index contributed by atoms with van der Waals surface area (Å²) in [5, 5.41) is 9.05. The zero-order valence-electron chi connectivity index (χ0n) is 10.7. The van der Waals surface area contributed by atoms with E-state index in [2.05, 4.69) is 0 Å². The Morgan fingerprint density at radius 1 is 1.47 bits per heavy atom. The number of aromatic carboxylic acids is 1. The molecule has 0 radical (unpaired) electrons. The third-order valence-corrected chi connectivity index (χ3v) is 4.56. The lowest BCUT2D eigenvalue weighted by molar-refractivity contribution is -0.0119. The number of thioether (sulfide) groups is 1. The minimum atomic E-state index is -0.929. The zero-order valence-corrected chi connectivity index (χ0v) is 11.5. The molecule has 3 rings (SSSR count). The third kappa shape index (κ3) is 2.44. The molecule has 2 bridgehead atoms. The molecule has 1 aliphatic heterocycles. The Morgan fingerprint density at radius 3 is 2.89 bits per heavy atom. The summed E-state index contributed by atoms with van der Waals surface area (Å²) in [5.41, 5.74) is 0.261. The van der Waals surface area contributed by atoms with Gasteiger partial charge in [0.1, 0.15) is 11.9 Å². The fourth-order valence-corrected chi connectivity index (χ4v) is 3.33. The molecule has 0 spiro atoms. The molecule has 3 unspecified atom stereocenters. The molecule has 0 amide bonds. The van der Waals surface area contributed by atoms with E-state index in [1.807, 2.05) is 6.26 Å². The summed E-state index contributed by atoms with van der Waals surface area (Å²) in [5.74, 6) is 0.339. The van der Waals surface area contributed by atoms with Gasteiger partial charge in [-0.25, -0.2) is 4.79 Å². The van der Waals surface area contributed by atoms with Gasteiger partial charge in [-0.05, 0) is 43.2 Å². The van der Waals surface area contributed by atoms with Gasteiger partial charge in [-0.3, -0.25) is 0 Å². The first-order valence-corrected chi connectivity index (χ1v) is 7.59. The largest absolute Gasteiger partial charge is 0.487 e. The van der Waals surface area contributed by atoms with E-state index in [9.17, 15) is 4.79 Å². The summed E-state index contributed by atoms with van der Waals surface area (Å²) >= 11 is 1.56. The summed E-state index contributed by atoms with van der Waals surface area (Å²) in [6.07, 6.45) is 4.27. The summed E-state index contributed by atoms with van der Waals surface area (Å²) in [7, 11) is 0. The van der Waals surface area contributed by atoms with Gasteiger partial charge in [0.15, 0.2) is 0 Å². The van der Waals surface area contributed by atoms with E-state index < -0.39 is 5.97 Å². The van der Waals surface area contributed by atoms with Crippen LogP contribution in [0.1, 0.15) is 23.2 Å². The van der Waals surface area contributed by atoms with E-state index in [-0.39, 0.29) is 17.8 Å². The molecule has 4 nitrogen and oxygen atoms in total. The lowest BCUT2D eigenvalue weighted by Gasteiger charge is -2.24. The van der Waals surface area contributed by atoms with Crippen molar-refractivity contribution in [1.29, 1.82) is 0 Å². The highest BCUT2D eigenvalue weighted by atomic mass is 32.2. The lowest BCUT2D eigenvalue weighted by atomic mass is 10.1. The molecule has 1 heterocycles. The maximum atomic E-state index is 11.0. The van der Waals surface area contributed by atoms with E-state index in [1.54, 1.807) is 30.0 Å². The van der Waals surface area contributed by atoms with Crippen molar-refractivity contribution in [3.8, 4) is 5.75 Å². The van der Waals surface area contributed by atoms with E-state index >= 15 is 0 Å². The van der Waals surface area contributed by atoms with Gasteiger partial charge in [0.05, 0.1) is 18.3 Å². The first-order valence-electron chi connectivity index (χ1n) is 6.37. The first kappa shape index (κ1) is 12.8. The molecule has 0 aromatic heterocycles. The quantitative estimate of drug-likeness (QED) is 0.859. The molecule has 2 fully saturated rings. The van der Waals surface area contributed by atoms with Crippen molar-refractivity contribution in [2.24, 2.45) is 5.92 Å². The van der Waals surface area contributed by atoms with Crippen molar-refractivity contribution in [2.75, 3.05) is 12.9 Å². The average molecular weight is 280 g/mol. The molecular formula is C14H16O4S. The van der Waals surface area contributed by atoms with Crippen molar-refractivity contribution in [3.05, 3.63) is 23.8 Å². The molecule has 19 heavy (non-hydrogen) atoms. The minimum absolute atomic E-state index is 0.0636. The highest BCUT2D eigenvalue weighted by Gasteiger charge is 2.42. The molecule has 2 aliphatic rings. The highest BCUT2D eigenvalue weighted by molar-refractivity contribution is 7.98. The van der Waals surface area contributed by atoms with Gasteiger partial charge in [-0.15, -0.1) is 11.8 Å². The number of rotatable bonds is 4. The standard InChI is InChI=1S/C14H16O4S/c1-19-13-3-2-9(14(15)16)6-12(13)18-11-5-8-4-10(11)17-7-8/h2-3,6,8,10-11H,4-5,7H2,1H3,(H,15,16). The maximum Gasteiger partial charge on any atom is 0.335 e. The zero-order chi connectivity index (χ0) is 13.4. The van der Waals surface area contributed by atoms with Gasteiger partial charge in [-0.2, -0.15) is 0 Å². The topological polar surface area (TPSA) is 55.8 Å². The van der Waals surface area contributed by atoms with Crippen LogP contribution in [-0.2, 0) is 4.74 Å². The number of benzene rings is 1. The second-order valence-corrected chi connectivity index (χ2v) is 5.88. The van der Waals surface area contributed by atoms with Crippen molar-refractivity contribution in [3.63, 3.8) is 0 Å². The van der Waals surface area contributed by atoms with E-state index in [4.69, 9.17) is 14.6 Å². The monoisotopic (exact) mass is 280 g/mol. The van der Waals surface area contributed by atoms with Crippen molar-refractivity contribution >= 4 is 17.7 Å². The number of hydrogen-bond donors (Lipinski definition) is 1. The Kier molecular flexibility index (Phi) is 3.41. The molecule has 1 saturated carbocycles. The molecule has 1 saturated heterocycles. The molecule has 5 heteroatoms. The molecule has 1 N–H and O–H groups in total. The van der Waals surface area contributed by atoms with Crippen LogP contribution in [0.15, 0.2) is 23.1 Å². The summed E-state index contributed by atoms with van der Waals surface area (Å²) in [6, 6.07) is 5.02. The van der Waals surface area contributed by atoms with Crippen LogP contribution in [0, 0.1) is 5.92 Å². The van der Waals surface area contributed by atoms with Crippen LogP contribution in [0.5, 0.6) is 5.75 Å². The average Bonchev–Trinajstić information content (AvgIpc) is 3.01. The molecule has 1 aromatic carbocycles. The van der Waals surface area contributed by atoms with Crippen LogP contribution in [0.3, 0.4) is 0 Å². The highest BCUT2D eigenvalue weighted by Crippen LogP contribution is 2.39. The van der Waals surface area contributed by atoms with Crippen LogP contribution in [0.2, 0.25) is 0 Å². The van der Waals surface area contributed by atoms with Gasteiger partial charge in [-0.1, -0.05) is 0 Å². The number of carboxylic acid groups (broad SMARTS) is 1. The normalized spacial score (nSPS) is 28.6. The van der Waals surface area contributed by atoms with Crippen LogP contribution < -0.4 is 4.74 Å². The number of fused-ring (bicyclic) bond motifs is 2. The van der Waals surface area contributed by atoms with Crippen molar-refractivity contribution in [1.82, 2.24) is 0 Å². The van der Waals surface area contributed by atoms with E-state index in [0.717, 1.165) is 24.3 Å². The van der Waals surface area contributed by atoms with Crippen molar-refractivity contribution < 1.29 is 19.4 Å². The predicted octanol–water partition coefficient (Wildman–Crippen LogP) is 2.66. The van der Waals surface area contributed by atoms with E-state index in [0.29, 0.717) is 11.7 Å². The Hall–Kier alpha value is -1.20. The number of carbonyl (C=O) groups is 1. The fraction of sp³-hybridized carbons (Fsp3) is 0.500. The van der Waals surface area contributed by atoms with Crippen LogP contribution >= 0.6 is 11.8 Å². The van der Waals surface area contributed by atoms with Crippen LogP contribution in [0.25, 0.3) is 0 Å². The number of hydrogen-bond acceptors (Lipinski definition) is 4. The Labute approximate surface area is 116 Å². The SMILES string of the molecule is CSc1ccc(C(=O)O)cc1OC1CC2COC1C2. The third-order valence-electron chi connectivity index (χ3n) is 3.78. The summed E-state index contributed by atoms with van der Waals surface area (Å²) in [6.45, 7) is 0.842. The Balaban J connectivity index is 1.82. The van der Waals surface area contributed by atoms with Crippen LogP contribution in [-0.4, -0.2) is 36.1 Å². The molecular weight excluding hydrogens is 264 g/mol. The lowest BCUT2D eigenvalue weighted by Crippen LogP contribution is -2.30. The molecule has 102 valence electrons. The molecule has 3 atom stereocenters. The molecule has 1 aliphatic carbocycles.